The van der Waals surface area contributed by atoms with E-state index in [4.69, 9.17) is 0 Å². The molecule has 0 bridgehead atoms. The maximum atomic E-state index is 12.1. The number of carbonyl (C=O) groups is 1. The molecule has 0 aromatic heterocycles. The van der Waals surface area contributed by atoms with Crippen LogP contribution in [0.25, 0.3) is 0 Å². The molecule has 0 radical (unpaired) electrons. The third-order valence-corrected chi connectivity index (χ3v) is 5.10. The highest BCUT2D eigenvalue weighted by Gasteiger charge is 2.22. The van der Waals surface area contributed by atoms with Crippen molar-refractivity contribution in [2.75, 3.05) is 5.75 Å². The molecule has 0 spiro atoms. The van der Waals surface area contributed by atoms with Gasteiger partial charge in [0.15, 0.2) is 5.78 Å². The van der Waals surface area contributed by atoms with E-state index >= 15 is 0 Å². The number of ketones is 1. The first-order valence-electron chi connectivity index (χ1n) is 7.14. The number of Topliss-reactive ketones (excluding diaryl/α,β-unsaturated/α-hetero) is 1. The second-order valence-corrected chi connectivity index (χ2v) is 6.29. The molecule has 1 unspecified atom stereocenters. The van der Waals surface area contributed by atoms with Crippen LogP contribution in [0.3, 0.4) is 0 Å². The van der Waals surface area contributed by atoms with Gasteiger partial charge in [-0.15, -0.1) is 11.8 Å². The van der Waals surface area contributed by atoms with Gasteiger partial charge in [-0.1, -0.05) is 48.5 Å². The van der Waals surface area contributed by atoms with Gasteiger partial charge in [-0.3, -0.25) is 4.79 Å². The van der Waals surface area contributed by atoms with Crippen molar-refractivity contribution in [1.29, 1.82) is 0 Å². The number of thioether (sulfide) groups is 1. The summed E-state index contributed by atoms with van der Waals surface area (Å²) >= 11 is 1.95. The smallest absolute Gasteiger partial charge is 0.162 e. The predicted octanol–water partition coefficient (Wildman–Crippen LogP) is 4.93. The quantitative estimate of drug-likeness (QED) is 0.723. The fourth-order valence-corrected chi connectivity index (χ4v) is 4.05. The van der Waals surface area contributed by atoms with Crippen LogP contribution in [0, 0.1) is 0 Å². The lowest BCUT2D eigenvalue weighted by molar-refractivity contribution is 0.0979. The van der Waals surface area contributed by atoms with E-state index in [2.05, 4.69) is 24.3 Å². The lowest BCUT2D eigenvalue weighted by Gasteiger charge is -2.10. The van der Waals surface area contributed by atoms with Crippen LogP contribution < -0.4 is 0 Å². The van der Waals surface area contributed by atoms with Crippen molar-refractivity contribution in [3.05, 3.63) is 65.7 Å². The number of hydrogen-bond donors (Lipinski definition) is 0. The van der Waals surface area contributed by atoms with Crippen molar-refractivity contribution >= 4 is 17.5 Å². The minimum Gasteiger partial charge on any atom is -0.294 e. The molecule has 102 valence electrons. The highest BCUT2D eigenvalue weighted by molar-refractivity contribution is 7.99. The Morgan fingerprint density at radius 3 is 2.65 bits per heavy atom. The molecular formula is C18H18OS. The molecule has 3 rings (SSSR count). The maximum absolute atomic E-state index is 12.1. The molecule has 0 amide bonds. The molecule has 2 aromatic rings. The van der Waals surface area contributed by atoms with Gasteiger partial charge in [0.25, 0.3) is 0 Å². The van der Waals surface area contributed by atoms with E-state index in [1.165, 1.54) is 16.2 Å². The van der Waals surface area contributed by atoms with Crippen molar-refractivity contribution in [1.82, 2.24) is 0 Å². The summed E-state index contributed by atoms with van der Waals surface area (Å²) in [6.45, 7) is 0. The van der Waals surface area contributed by atoms with Crippen molar-refractivity contribution in [3.63, 3.8) is 0 Å². The molecule has 0 aliphatic carbocycles. The van der Waals surface area contributed by atoms with Gasteiger partial charge in [0.05, 0.1) is 0 Å². The van der Waals surface area contributed by atoms with Gasteiger partial charge >= 0.3 is 0 Å². The van der Waals surface area contributed by atoms with Gasteiger partial charge in [-0.05, 0) is 30.4 Å². The second-order valence-electron chi connectivity index (χ2n) is 5.23. The van der Waals surface area contributed by atoms with Crippen LogP contribution in [-0.4, -0.2) is 11.5 Å². The largest absolute Gasteiger partial charge is 0.294 e. The number of carbonyl (C=O) groups excluding carboxylic acids is 1. The molecule has 1 aliphatic rings. The minimum atomic E-state index is 0.268. The second kappa shape index (κ2) is 6.27. The maximum Gasteiger partial charge on any atom is 0.162 e. The SMILES string of the molecule is O=C(CCCC1CSc2ccccc21)c1ccccc1. The third-order valence-electron chi connectivity index (χ3n) is 3.85. The monoisotopic (exact) mass is 282 g/mol. The van der Waals surface area contributed by atoms with Crippen molar-refractivity contribution in [2.24, 2.45) is 0 Å². The van der Waals surface area contributed by atoms with Crippen LogP contribution in [0.15, 0.2) is 59.5 Å². The molecule has 1 aliphatic heterocycles. The Labute approximate surface area is 124 Å². The van der Waals surface area contributed by atoms with Crippen LogP contribution in [-0.2, 0) is 0 Å². The van der Waals surface area contributed by atoms with E-state index in [1.54, 1.807) is 0 Å². The lowest BCUT2D eigenvalue weighted by Crippen LogP contribution is -2.02. The Kier molecular flexibility index (Phi) is 4.22. The highest BCUT2D eigenvalue weighted by atomic mass is 32.2. The Morgan fingerprint density at radius 2 is 1.80 bits per heavy atom. The molecule has 1 nitrogen and oxygen atoms in total. The van der Waals surface area contributed by atoms with Gasteiger partial charge in [-0.25, -0.2) is 0 Å². The first kappa shape index (κ1) is 13.4. The number of benzene rings is 2. The van der Waals surface area contributed by atoms with Gasteiger partial charge in [0, 0.05) is 22.6 Å². The van der Waals surface area contributed by atoms with Gasteiger partial charge in [0.2, 0.25) is 0 Å². The average molecular weight is 282 g/mol. The first-order chi connectivity index (χ1) is 9.84. The number of rotatable bonds is 5. The zero-order valence-corrected chi connectivity index (χ0v) is 12.2. The van der Waals surface area contributed by atoms with Crippen LogP contribution >= 0.6 is 11.8 Å². The fourth-order valence-electron chi connectivity index (χ4n) is 2.75. The summed E-state index contributed by atoms with van der Waals surface area (Å²) < 4.78 is 0. The lowest BCUT2D eigenvalue weighted by atomic mass is 9.94. The Hall–Kier alpha value is -1.54. The Balaban J connectivity index is 1.53. The summed E-state index contributed by atoms with van der Waals surface area (Å²) in [5.74, 6) is 2.06. The molecule has 0 saturated carbocycles. The molecule has 0 saturated heterocycles. The summed E-state index contributed by atoms with van der Waals surface area (Å²) in [4.78, 5) is 13.5. The van der Waals surface area contributed by atoms with Gasteiger partial charge < -0.3 is 0 Å². The minimum absolute atomic E-state index is 0.268. The fraction of sp³-hybridized carbons (Fsp3) is 0.278. The molecule has 2 heteroatoms. The van der Waals surface area contributed by atoms with E-state index in [0.717, 1.165) is 18.4 Å². The van der Waals surface area contributed by atoms with E-state index in [1.807, 2.05) is 42.1 Å². The van der Waals surface area contributed by atoms with Crippen molar-refractivity contribution in [3.8, 4) is 0 Å². The zero-order valence-electron chi connectivity index (χ0n) is 11.4. The summed E-state index contributed by atoms with van der Waals surface area (Å²) in [6, 6.07) is 18.3. The van der Waals surface area contributed by atoms with Crippen LogP contribution in [0.2, 0.25) is 0 Å². The standard InChI is InChI=1S/C18H18OS/c19-17(14-7-2-1-3-8-14)11-6-9-15-13-20-18-12-5-4-10-16(15)18/h1-5,7-8,10,12,15H,6,9,11,13H2. The van der Waals surface area contributed by atoms with Crippen molar-refractivity contribution in [2.45, 2.75) is 30.1 Å². The van der Waals surface area contributed by atoms with Gasteiger partial charge in [0.1, 0.15) is 0 Å². The average Bonchev–Trinajstić information content (AvgIpc) is 2.92. The molecular weight excluding hydrogens is 264 g/mol. The van der Waals surface area contributed by atoms with Crippen LogP contribution in [0.4, 0.5) is 0 Å². The molecule has 20 heavy (non-hydrogen) atoms. The van der Waals surface area contributed by atoms with Crippen LogP contribution in [0.1, 0.15) is 41.1 Å². The van der Waals surface area contributed by atoms with E-state index in [9.17, 15) is 4.79 Å². The highest BCUT2D eigenvalue weighted by Crippen LogP contribution is 2.41. The van der Waals surface area contributed by atoms with E-state index < -0.39 is 0 Å². The normalized spacial score (nSPS) is 16.9. The predicted molar refractivity (Wildman–Crippen MR) is 84.5 cm³/mol. The number of fused-ring (bicyclic) bond motifs is 1. The Bertz CT molecular complexity index is 591. The molecule has 2 aromatic carbocycles. The summed E-state index contributed by atoms with van der Waals surface area (Å²) in [5, 5.41) is 0. The summed E-state index contributed by atoms with van der Waals surface area (Å²) in [7, 11) is 0. The molecule has 1 heterocycles. The molecule has 0 N–H and O–H groups in total. The van der Waals surface area contributed by atoms with E-state index in [0.29, 0.717) is 12.3 Å². The summed E-state index contributed by atoms with van der Waals surface area (Å²) in [6.07, 6.45) is 2.75. The van der Waals surface area contributed by atoms with Crippen molar-refractivity contribution < 1.29 is 4.79 Å². The van der Waals surface area contributed by atoms with Gasteiger partial charge in [-0.2, -0.15) is 0 Å². The molecule has 0 fully saturated rings. The zero-order chi connectivity index (χ0) is 13.8. The first-order valence-corrected chi connectivity index (χ1v) is 8.13. The van der Waals surface area contributed by atoms with Crippen LogP contribution in [0.5, 0.6) is 0 Å². The molecule has 1 atom stereocenters. The Morgan fingerprint density at radius 1 is 1.05 bits per heavy atom. The summed E-state index contributed by atoms with van der Waals surface area (Å²) in [5.41, 5.74) is 2.32. The topological polar surface area (TPSA) is 17.1 Å². The van der Waals surface area contributed by atoms with E-state index in [-0.39, 0.29) is 5.78 Å². The third kappa shape index (κ3) is 2.96. The number of hydrogen-bond acceptors (Lipinski definition) is 2.